The Morgan fingerprint density at radius 2 is 1.74 bits per heavy atom. The van der Waals surface area contributed by atoms with E-state index in [0.717, 1.165) is 25.7 Å². The van der Waals surface area contributed by atoms with Crippen molar-refractivity contribution in [3.8, 4) is 5.75 Å². The van der Waals surface area contributed by atoms with E-state index in [1.165, 1.54) is 24.3 Å². The summed E-state index contributed by atoms with van der Waals surface area (Å²) in [5.74, 6) is 0.819. The molecule has 34 heavy (non-hydrogen) atoms. The maximum Gasteiger partial charge on any atom is 0.269 e. The molecule has 0 unspecified atom stereocenters. The molecule has 1 aliphatic heterocycles. The minimum atomic E-state index is -0.479. The molecule has 9 heteroatoms. The number of rotatable bonds is 7. The summed E-state index contributed by atoms with van der Waals surface area (Å²) in [4.78, 5) is 40.6. The third-order valence-corrected chi connectivity index (χ3v) is 6.77. The first-order valence-electron chi connectivity index (χ1n) is 11.7. The monoisotopic (exact) mass is 466 g/mol. The number of nitro groups is 1. The normalized spacial score (nSPS) is 17.9. The number of carbonyl (C=O) groups excluding carboxylic acids is 2. The Bertz CT molecular complexity index is 1030. The van der Waals surface area contributed by atoms with E-state index in [1.807, 2.05) is 24.3 Å². The van der Waals surface area contributed by atoms with Crippen LogP contribution in [0.1, 0.15) is 36.0 Å². The Hall–Kier alpha value is -3.46. The summed E-state index contributed by atoms with van der Waals surface area (Å²) in [5.41, 5.74) is 1.10. The standard InChI is InChI=1S/C25H30N4O5/c1-34-22-8-4-7-20(17-22)26-24(30)23(18-5-2-3-6-18)27-13-15-28(16-14-27)25(31)19-9-11-21(12-10-19)29(32)33/h4,7-12,17-18,23H,2-3,5-6,13-16H2,1H3,(H,26,30)/t23-/m0/s1. The van der Waals surface area contributed by atoms with E-state index in [-0.39, 0.29) is 23.5 Å². The van der Waals surface area contributed by atoms with Gasteiger partial charge >= 0.3 is 0 Å². The van der Waals surface area contributed by atoms with Crippen molar-refractivity contribution in [1.29, 1.82) is 0 Å². The van der Waals surface area contributed by atoms with Gasteiger partial charge in [-0.15, -0.1) is 0 Å². The Labute approximate surface area is 198 Å². The van der Waals surface area contributed by atoms with Gasteiger partial charge in [-0.25, -0.2) is 0 Å². The van der Waals surface area contributed by atoms with Crippen LogP contribution in [0.25, 0.3) is 0 Å². The number of hydrogen-bond acceptors (Lipinski definition) is 6. The van der Waals surface area contributed by atoms with Crippen molar-refractivity contribution in [3.63, 3.8) is 0 Å². The van der Waals surface area contributed by atoms with Gasteiger partial charge in [-0.2, -0.15) is 0 Å². The van der Waals surface area contributed by atoms with E-state index in [0.29, 0.717) is 49.1 Å². The van der Waals surface area contributed by atoms with Crippen molar-refractivity contribution in [3.05, 3.63) is 64.2 Å². The first-order chi connectivity index (χ1) is 16.5. The second kappa shape index (κ2) is 10.6. The summed E-state index contributed by atoms with van der Waals surface area (Å²) in [6.07, 6.45) is 4.31. The number of anilines is 1. The predicted molar refractivity (Wildman–Crippen MR) is 128 cm³/mol. The third kappa shape index (κ3) is 5.36. The van der Waals surface area contributed by atoms with Crippen molar-refractivity contribution >= 4 is 23.2 Å². The van der Waals surface area contributed by atoms with Crippen LogP contribution >= 0.6 is 0 Å². The number of ether oxygens (including phenoxy) is 1. The number of piperazine rings is 1. The Morgan fingerprint density at radius 1 is 1.06 bits per heavy atom. The Balaban J connectivity index is 1.42. The second-order valence-corrected chi connectivity index (χ2v) is 8.84. The molecule has 2 fully saturated rings. The topological polar surface area (TPSA) is 105 Å². The van der Waals surface area contributed by atoms with Crippen LogP contribution in [0.15, 0.2) is 48.5 Å². The number of nitro benzene ring substituents is 1. The van der Waals surface area contributed by atoms with Crippen LogP contribution in [0.5, 0.6) is 5.75 Å². The number of amides is 2. The first kappa shape index (κ1) is 23.7. The van der Waals surface area contributed by atoms with Crippen LogP contribution in [0.2, 0.25) is 0 Å². The molecule has 0 spiro atoms. The molecule has 0 radical (unpaired) electrons. The van der Waals surface area contributed by atoms with Gasteiger partial charge < -0.3 is 15.0 Å². The lowest BCUT2D eigenvalue weighted by Gasteiger charge is -2.40. The Morgan fingerprint density at radius 3 is 2.35 bits per heavy atom. The molecule has 0 bridgehead atoms. The number of hydrogen-bond donors (Lipinski definition) is 1. The average Bonchev–Trinajstić information content (AvgIpc) is 3.38. The van der Waals surface area contributed by atoms with Gasteiger partial charge in [-0.3, -0.25) is 24.6 Å². The van der Waals surface area contributed by atoms with Gasteiger partial charge in [-0.1, -0.05) is 18.9 Å². The minimum Gasteiger partial charge on any atom is -0.497 e. The zero-order valence-corrected chi connectivity index (χ0v) is 19.3. The molecule has 1 atom stereocenters. The number of benzene rings is 2. The van der Waals surface area contributed by atoms with Crippen LogP contribution in [0.3, 0.4) is 0 Å². The molecule has 180 valence electrons. The SMILES string of the molecule is COc1cccc(NC(=O)[C@H](C2CCCC2)N2CCN(C(=O)c3ccc([N+](=O)[O-])cc3)CC2)c1. The minimum absolute atomic E-state index is 0.0182. The van der Waals surface area contributed by atoms with E-state index in [2.05, 4.69) is 10.2 Å². The van der Waals surface area contributed by atoms with E-state index in [1.54, 1.807) is 12.0 Å². The van der Waals surface area contributed by atoms with Crippen molar-refractivity contribution in [2.45, 2.75) is 31.7 Å². The van der Waals surface area contributed by atoms with Crippen LogP contribution < -0.4 is 10.1 Å². The lowest BCUT2D eigenvalue weighted by molar-refractivity contribution is -0.384. The fourth-order valence-corrected chi connectivity index (χ4v) is 4.98. The van der Waals surface area contributed by atoms with Crippen molar-refractivity contribution in [1.82, 2.24) is 9.80 Å². The summed E-state index contributed by atoms with van der Waals surface area (Å²) >= 11 is 0. The number of carbonyl (C=O) groups is 2. The van der Waals surface area contributed by atoms with Gasteiger partial charge in [0, 0.05) is 55.6 Å². The molecule has 1 saturated carbocycles. The van der Waals surface area contributed by atoms with E-state index >= 15 is 0 Å². The smallest absolute Gasteiger partial charge is 0.269 e. The summed E-state index contributed by atoms with van der Waals surface area (Å²) in [7, 11) is 1.60. The molecule has 1 N–H and O–H groups in total. The van der Waals surface area contributed by atoms with Crippen LogP contribution in [0, 0.1) is 16.0 Å². The van der Waals surface area contributed by atoms with Gasteiger partial charge in [0.25, 0.3) is 11.6 Å². The van der Waals surface area contributed by atoms with Crippen molar-refractivity contribution in [2.24, 2.45) is 5.92 Å². The molecule has 4 rings (SSSR count). The maximum atomic E-state index is 13.4. The molecule has 9 nitrogen and oxygen atoms in total. The third-order valence-electron chi connectivity index (χ3n) is 6.77. The molecule has 1 aliphatic carbocycles. The fourth-order valence-electron chi connectivity index (χ4n) is 4.98. The quantitative estimate of drug-likeness (QED) is 0.494. The van der Waals surface area contributed by atoms with Gasteiger partial charge in [-0.05, 0) is 43.0 Å². The average molecular weight is 467 g/mol. The highest BCUT2D eigenvalue weighted by Gasteiger charge is 2.37. The van der Waals surface area contributed by atoms with Gasteiger partial charge in [0.15, 0.2) is 0 Å². The summed E-state index contributed by atoms with van der Waals surface area (Å²) in [6, 6.07) is 12.8. The summed E-state index contributed by atoms with van der Waals surface area (Å²) < 4.78 is 5.27. The largest absolute Gasteiger partial charge is 0.497 e. The van der Waals surface area contributed by atoms with Crippen molar-refractivity contribution in [2.75, 3.05) is 38.6 Å². The molecule has 1 saturated heterocycles. The maximum absolute atomic E-state index is 13.4. The highest BCUT2D eigenvalue weighted by molar-refractivity contribution is 5.96. The second-order valence-electron chi connectivity index (χ2n) is 8.84. The van der Waals surface area contributed by atoms with Crippen LogP contribution in [-0.4, -0.2) is 65.9 Å². The molecular weight excluding hydrogens is 436 g/mol. The van der Waals surface area contributed by atoms with Gasteiger partial charge in [0.1, 0.15) is 5.75 Å². The molecule has 0 aromatic heterocycles. The Kier molecular flexibility index (Phi) is 7.42. The van der Waals surface area contributed by atoms with Crippen molar-refractivity contribution < 1.29 is 19.2 Å². The fraction of sp³-hybridized carbons (Fsp3) is 0.440. The number of non-ortho nitro benzene ring substituents is 1. The van der Waals surface area contributed by atoms with E-state index in [4.69, 9.17) is 4.74 Å². The summed E-state index contributed by atoms with van der Waals surface area (Å²) in [6.45, 7) is 2.22. The van der Waals surface area contributed by atoms with Gasteiger partial charge in [0.2, 0.25) is 5.91 Å². The summed E-state index contributed by atoms with van der Waals surface area (Å²) in [5, 5.41) is 13.9. The lowest BCUT2D eigenvalue weighted by atomic mass is 9.94. The lowest BCUT2D eigenvalue weighted by Crippen LogP contribution is -2.56. The predicted octanol–water partition coefficient (Wildman–Crippen LogP) is 3.56. The zero-order chi connectivity index (χ0) is 24.1. The zero-order valence-electron chi connectivity index (χ0n) is 19.3. The van der Waals surface area contributed by atoms with E-state index in [9.17, 15) is 19.7 Å². The van der Waals surface area contributed by atoms with Crippen LogP contribution in [-0.2, 0) is 4.79 Å². The molecular formula is C25H30N4O5. The first-order valence-corrected chi connectivity index (χ1v) is 11.7. The molecule has 2 aromatic carbocycles. The van der Waals surface area contributed by atoms with Gasteiger partial charge in [0.05, 0.1) is 18.1 Å². The molecule has 1 heterocycles. The highest BCUT2D eigenvalue weighted by Crippen LogP contribution is 2.32. The number of methoxy groups -OCH3 is 1. The number of nitrogens with one attached hydrogen (secondary N) is 1. The molecule has 2 aromatic rings. The van der Waals surface area contributed by atoms with E-state index < -0.39 is 4.92 Å². The number of nitrogens with zero attached hydrogens (tertiary/aromatic N) is 3. The molecule has 2 amide bonds. The highest BCUT2D eigenvalue weighted by atomic mass is 16.6. The molecule has 2 aliphatic rings. The van der Waals surface area contributed by atoms with Crippen LogP contribution in [0.4, 0.5) is 11.4 Å².